The van der Waals surface area contributed by atoms with Crippen molar-refractivity contribution < 1.29 is 18.3 Å². The first-order chi connectivity index (χ1) is 16.8. The third kappa shape index (κ3) is 3.65. The van der Waals surface area contributed by atoms with Gasteiger partial charge in [-0.2, -0.15) is 4.31 Å². The minimum atomic E-state index is -3.78. The van der Waals surface area contributed by atoms with Crippen molar-refractivity contribution in [3.63, 3.8) is 0 Å². The summed E-state index contributed by atoms with van der Waals surface area (Å²) in [5.41, 5.74) is 3.26. The average molecular weight is 506 g/mol. The van der Waals surface area contributed by atoms with Gasteiger partial charge in [0.15, 0.2) is 0 Å². The number of hydrogen-bond donors (Lipinski definition) is 1. The van der Waals surface area contributed by atoms with E-state index in [1.165, 1.54) is 4.31 Å². The molecule has 178 valence electrons. The molecular weight excluding hydrogens is 482 g/mol. The van der Waals surface area contributed by atoms with Gasteiger partial charge in [-0.25, -0.2) is 8.42 Å². The number of aryl methyl sites for hydroxylation is 1. The van der Waals surface area contributed by atoms with Crippen molar-refractivity contribution in [2.75, 3.05) is 6.54 Å². The zero-order chi connectivity index (χ0) is 24.3. The van der Waals surface area contributed by atoms with Gasteiger partial charge in [0.25, 0.3) is 0 Å². The molecule has 2 aromatic carbocycles. The standard InChI is InChI=1S/C26H23N3O4S2/c1-16-10-11-21-18(12-16)19(13-28(21)15-25(30)31)26-17-6-2-5-9-23(17)35(32,33)29(26)14-24-27-20-7-3-4-8-22(20)34-24/h2-13,20,22,26H,14-15H2,1H3,(H,30,31). The number of aromatic nitrogens is 1. The third-order valence-electron chi connectivity index (χ3n) is 6.67. The monoisotopic (exact) mass is 505 g/mol. The molecule has 7 nitrogen and oxygen atoms in total. The molecule has 9 heteroatoms. The second kappa shape index (κ2) is 8.22. The van der Waals surface area contributed by atoms with Crippen LogP contribution in [-0.2, 0) is 21.4 Å². The van der Waals surface area contributed by atoms with E-state index in [4.69, 9.17) is 4.99 Å². The lowest BCUT2D eigenvalue weighted by Crippen LogP contribution is -2.33. The highest BCUT2D eigenvalue weighted by Gasteiger charge is 2.45. The highest BCUT2D eigenvalue weighted by molar-refractivity contribution is 8.15. The number of benzene rings is 2. The fourth-order valence-corrected chi connectivity index (χ4v) is 8.19. The maximum atomic E-state index is 13.8. The molecule has 0 amide bonds. The molecule has 35 heavy (non-hydrogen) atoms. The van der Waals surface area contributed by atoms with E-state index in [2.05, 4.69) is 6.08 Å². The number of carboxylic acid groups (broad SMARTS) is 1. The average Bonchev–Trinajstić information content (AvgIpc) is 3.45. The normalized spacial score (nSPS) is 24.5. The highest BCUT2D eigenvalue weighted by atomic mass is 32.2. The Bertz CT molecular complexity index is 1570. The van der Waals surface area contributed by atoms with Crippen LogP contribution in [0.5, 0.6) is 0 Å². The van der Waals surface area contributed by atoms with E-state index in [-0.39, 0.29) is 29.3 Å². The summed E-state index contributed by atoms with van der Waals surface area (Å²) < 4.78 is 30.8. The molecule has 0 bridgehead atoms. The second-order valence-corrected chi connectivity index (χ2v) is 12.1. The van der Waals surface area contributed by atoms with E-state index in [1.54, 1.807) is 34.7 Å². The van der Waals surface area contributed by atoms with Gasteiger partial charge < -0.3 is 9.67 Å². The van der Waals surface area contributed by atoms with Gasteiger partial charge in [0.2, 0.25) is 10.0 Å². The number of aliphatic imine (C=N–C) groups is 1. The summed E-state index contributed by atoms with van der Waals surface area (Å²) in [6, 6.07) is 12.4. The molecule has 6 rings (SSSR count). The number of rotatable bonds is 5. The van der Waals surface area contributed by atoms with Crippen LogP contribution in [0.4, 0.5) is 0 Å². The first-order valence-electron chi connectivity index (χ1n) is 11.3. The predicted octanol–water partition coefficient (Wildman–Crippen LogP) is 4.14. The summed E-state index contributed by atoms with van der Waals surface area (Å²) in [4.78, 5) is 16.7. The number of fused-ring (bicyclic) bond motifs is 3. The molecule has 1 aliphatic carbocycles. The quantitative estimate of drug-likeness (QED) is 0.563. The summed E-state index contributed by atoms with van der Waals surface area (Å²) in [5, 5.41) is 11.3. The Morgan fingerprint density at radius 2 is 1.91 bits per heavy atom. The molecule has 3 aromatic rings. The van der Waals surface area contributed by atoms with Crippen molar-refractivity contribution in [2.45, 2.75) is 35.7 Å². The van der Waals surface area contributed by atoms with Crippen molar-refractivity contribution in [3.8, 4) is 0 Å². The maximum Gasteiger partial charge on any atom is 0.323 e. The van der Waals surface area contributed by atoms with Gasteiger partial charge in [-0.3, -0.25) is 9.79 Å². The molecule has 3 heterocycles. The fraction of sp³-hybridized carbons (Fsp3) is 0.231. The van der Waals surface area contributed by atoms with Crippen LogP contribution in [0.25, 0.3) is 10.9 Å². The van der Waals surface area contributed by atoms with Crippen LogP contribution in [0, 0.1) is 6.92 Å². The molecule has 0 spiro atoms. The van der Waals surface area contributed by atoms with E-state index < -0.39 is 22.0 Å². The van der Waals surface area contributed by atoms with E-state index in [1.807, 2.05) is 55.5 Å². The number of nitrogens with zero attached hydrogens (tertiary/aromatic N) is 3. The molecule has 3 unspecified atom stereocenters. The van der Waals surface area contributed by atoms with E-state index in [0.717, 1.165) is 27.1 Å². The Morgan fingerprint density at radius 3 is 2.71 bits per heavy atom. The molecule has 0 saturated carbocycles. The predicted molar refractivity (Wildman–Crippen MR) is 137 cm³/mol. The zero-order valence-electron chi connectivity index (χ0n) is 18.9. The number of carboxylic acids is 1. The Kier molecular flexibility index (Phi) is 5.24. The van der Waals surface area contributed by atoms with Crippen molar-refractivity contribution in [1.82, 2.24) is 8.87 Å². The number of allylic oxidation sites excluding steroid dienone is 2. The van der Waals surface area contributed by atoms with Crippen LogP contribution in [-0.4, -0.2) is 51.2 Å². The minimum absolute atomic E-state index is 0.0197. The van der Waals surface area contributed by atoms with Gasteiger partial charge in [0, 0.05) is 22.7 Å². The summed E-state index contributed by atoms with van der Waals surface area (Å²) in [5.74, 6) is -0.953. The smallest absolute Gasteiger partial charge is 0.323 e. The first kappa shape index (κ1) is 22.3. The van der Waals surface area contributed by atoms with Gasteiger partial charge in [0.05, 0.1) is 33.8 Å². The molecular formula is C26H23N3O4S2. The van der Waals surface area contributed by atoms with Gasteiger partial charge in [-0.1, -0.05) is 65.9 Å². The van der Waals surface area contributed by atoms with Gasteiger partial charge in [0.1, 0.15) is 6.54 Å². The van der Waals surface area contributed by atoms with Crippen molar-refractivity contribution >= 4 is 43.7 Å². The first-order valence-corrected chi connectivity index (χ1v) is 13.7. The minimum Gasteiger partial charge on any atom is -0.480 e. The van der Waals surface area contributed by atoms with Crippen molar-refractivity contribution in [2.24, 2.45) is 4.99 Å². The lowest BCUT2D eigenvalue weighted by atomic mass is 9.97. The summed E-state index contributed by atoms with van der Waals surface area (Å²) in [7, 11) is -3.78. The van der Waals surface area contributed by atoms with Crippen LogP contribution >= 0.6 is 11.8 Å². The highest BCUT2D eigenvalue weighted by Crippen LogP contribution is 2.46. The topological polar surface area (TPSA) is 92.0 Å². The molecule has 1 N–H and O–H groups in total. The Morgan fingerprint density at radius 1 is 1.11 bits per heavy atom. The number of hydrogen-bond acceptors (Lipinski definition) is 5. The SMILES string of the molecule is Cc1ccc2c(c1)c(C1c3ccccc3S(=O)(=O)N1CC1=NC3C=CC=CC3S1)cn2CC(=O)O. The number of sulfonamides is 1. The zero-order valence-corrected chi connectivity index (χ0v) is 20.5. The lowest BCUT2D eigenvalue weighted by molar-refractivity contribution is -0.137. The second-order valence-electron chi connectivity index (χ2n) is 8.98. The number of aliphatic carboxylic acids is 1. The number of carbonyl (C=O) groups is 1. The molecule has 0 radical (unpaired) electrons. The third-order valence-corrected chi connectivity index (χ3v) is 9.77. The number of thioether (sulfide) groups is 1. The van der Waals surface area contributed by atoms with Gasteiger partial charge in [-0.15, -0.1) is 0 Å². The van der Waals surface area contributed by atoms with Gasteiger partial charge in [-0.05, 0) is 30.7 Å². The van der Waals surface area contributed by atoms with Crippen LogP contribution in [0.15, 0.2) is 82.9 Å². The van der Waals surface area contributed by atoms with Crippen LogP contribution in [0.2, 0.25) is 0 Å². The maximum absolute atomic E-state index is 13.8. The molecule has 0 saturated heterocycles. The van der Waals surface area contributed by atoms with Crippen LogP contribution < -0.4 is 0 Å². The molecule has 3 atom stereocenters. The van der Waals surface area contributed by atoms with Crippen molar-refractivity contribution in [3.05, 3.63) is 89.7 Å². The van der Waals surface area contributed by atoms with Crippen LogP contribution in [0.1, 0.15) is 22.7 Å². The Hall–Kier alpha value is -3.14. The summed E-state index contributed by atoms with van der Waals surface area (Å²) in [6.07, 6.45) is 9.90. The fourth-order valence-electron chi connectivity index (χ4n) is 5.16. The molecule has 2 aliphatic heterocycles. The summed E-state index contributed by atoms with van der Waals surface area (Å²) in [6.45, 7) is 1.94. The largest absolute Gasteiger partial charge is 0.480 e. The Labute approximate surface area is 207 Å². The van der Waals surface area contributed by atoms with E-state index in [0.29, 0.717) is 5.56 Å². The molecule has 0 fully saturated rings. The van der Waals surface area contributed by atoms with E-state index in [9.17, 15) is 18.3 Å². The van der Waals surface area contributed by atoms with E-state index >= 15 is 0 Å². The summed E-state index contributed by atoms with van der Waals surface area (Å²) >= 11 is 1.60. The molecule has 1 aromatic heterocycles. The van der Waals surface area contributed by atoms with Crippen LogP contribution in [0.3, 0.4) is 0 Å². The lowest BCUT2D eigenvalue weighted by Gasteiger charge is -2.23. The van der Waals surface area contributed by atoms with Crippen molar-refractivity contribution in [1.29, 1.82) is 0 Å². The molecule has 3 aliphatic rings. The Balaban J connectivity index is 1.51. The van der Waals surface area contributed by atoms with Gasteiger partial charge >= 0.3 is 5.97 Å².